The standard InChI is InChI=1S/C20H10BrF3IN/c21-18(12-7-3-1-4-8-12)16-15(14(11-26)20(22,23)24)17(16)19(25)13-9-5-2-6-10-13/h1-10H/b15-14+,18-16?,19-17+. The largest absolute Gasteiger partial charge is 0.426 e. The molecule has 2 aromatic carbocycles. The number of nitrogens with zero attached hydrogens (tertiary/aromatic N) is 1. The number of rotatable bonds is 2. The lowest BCUT2D eigenvalue weighted by atomic mass is 10.2. The highest BCUT2D eigenvalue weighted by molar-refractivity contribution is 14.1. The van der Waals surface area contributed by atoms with Crippen molar-refractivity contribution in [1.82, 2.24) is 0 Å². The molecule has 0 radical (unpaired) electrons. The van der Waals surface area contributed by atoms with E-state index in [4.69, 9.17) is 5.26 Å². The number of hydrogen-bond acceptors (Lipinski definition) is 1. The molecule has 1 fully saturated rings. The van der Waals surface area contributed by atoms with Gasteiger partial charge in [0.05, 0.1) is 0 Å². The molecule has 0 N–H and O–H groups in total. The number of benzene rings is 2. The van der Waals surface area contributed by atoms with Gasteiger partial charge in [0.2, 0.25) is 0 Å². The summed E-state index contributed by atoms with van der Waals surface area (Å²) >= 11 is 5.46. The lowest BCUT2D eigenvalue weighted by Crippen LogP contribution is -2.10. The van der Waals surface area contributed by atoms with Crippen molar-refractivity contribution >= 4 is 46.6 Å². The fourth-order valence-corrected chi connectivity index (χ4v) is 4.15. The van der Waals surface area contributed by atoms with E-state index in [1.54, 1.807) is 12.1 Å². The minimum Gasteiger partial charge on any atom is -0.192 e. The third kappa shape index (κ3) is 3.64. The van der Waals surface area contributed by atoms with E-state index < -0.39 is 11.7 Å². The molecular weight excluding hydrogens is 518 g/mol. The van der Waals surface area contributed by atoms with E-state index in [1.165, 1.54) is 6.07 Å². The molecule has 0 heterocycles. The summed E-state index contributed by atoms with van der Waals surface area (Å²) < 4.78 is 41.3. The van der Waals surface area contributed by atoms with Crippen LogP contribution in [0.15, 0.2) is 83.0 Å². The molecule has 0 atom stereocenters. The fourth-order valence-electron chi connectivity index (χ4n) is 2.60. The summed E-state index contributed by atoms with van der Waals surface area (Å²) in [5, 5.41) is 9.12. The van der Waals surface area contributed by atoms with Crippen LogP contribution in [0.5, 0.6) is 0 Å². The zero-order valence-corrected chi connectivity index (χ0v) is 16.9. The van der Waals surface area contributed by atoms with Gasteiger partial charge in [-0.1, -0.05) is 60.7 Å². The van der Waals surface area contributed by atoms with Gasteiger partial charge in [0.25, 0.3) is 0 Å². The minimum atomic E-state index is -4.70. The summed E-state index contributed by atoms with van der Waals surface area (Å²) in [6.07, 6.45) is -4.70. The molecule has 6 heteroatoms. The van der Waals surface area contributed by atoms with Gasteiger partial charge in [-0.2, -0.15) is 18.4 Å². The van der Waals surface area contributed by atoms with Crippen LogP contribution in [-0.2, 0) is 0 Å². The van der Waals surface area contributed by atoms with E-state index in [-0.39, 0.29) is 5.57 Å². The van der Waals surface area contributed by atoms with Crippen LogP contribution in [0.4, 0.5) is 13.2 Å². The first kappa shape index (κ1) is 18.9. The molecule has 0 amide bonds. The molecule has 1 nitrogen and oxygen atoms in total. The Balaban J connectivity index is 2.29. The van der Waals surface area contributed by atoms with Gasteiger partial charge in [0, 0.05) is 24.8 Å². The average Bonchev–Trinajstić information content (AvgIpc) is 3.36. The first-order valence-electron chi connectivity index (χ1n) is 7.49. The number of hydrogen-bond donors (Lipinski definition) is 0. The number of halogens is 5. The maximum Gasteiger partial charge on any atom is 0.426 e. The number of alkyl halides is 3. The summed E-state index contributed by atoms with van der Waals surface area (Å²) in [7, 11) is 0. The third-order valence-electron chi connectivity index (χ3n) is 3.83. The van der Waals surface area contributed by atoms with Crippen molar-refractivity contribution in [3.05, 3.63) is 94.1 Å². The highest BCUT2D eigenvalue weighted by Crippen LogP contribution is 2.58. The Kier molecular flexibility index (Phi) is 5.39. The molecular formula is C20H10BrF3IN. The quantitative estimate of drug-likeness (QED) is 0.303. The fraction of sp³-hybridized carbons (Fsp3) is 0.0500. The Bertz CT molecular complexity index is 918. The monoisotopic (exact) mass is 527 g/mol. The summed E-state index contributed by atoms with van der Waals surface area (Å²) in [5.41, 5.74) is 1.25. The summed E-state index contributed by atoms with van der Waals surface area (Å²) in [4.78, 5) is 0. The van der Waals surface area contributed by atoms with Crippen molar-refractivity contribution in [3.8, 4) is 6.07 Å². The molecule has 0 spiro atoms. The first-order chi connectivity index (χ1) is 12.4. The number of nitriles is 1. The van der Waals surface area contributed by atoms with Crippen LogP contribution in [0, 0.1) is 11.3 Å². The van der Waals surface area contributed by atoms with Gasteiger partial charge >= 0.3 is 6.18 Å². The molecule has 130 valence electrons. The van der Waals surface area contributed by atoms with Crippen molar-refractivity contribution in [1.29, 1.82) is 5.26 Å². The van der Waals surface area contributed by atoms with Gasteiger partial charge in [0.15, 0.2) is 0 Å². The van der Waals surface area contributed by atoms with Crippen molar-refractivity contribution in [2.75, 3.05) is 0 Å². The minimum absolute atomic E-state index is 0.0380. The summed E-state index contributed by atoms with van der Waals surface area (Å²) in [5.74, 6) is 0. The Morgan fingerprint density at radius 1 is 0.846 bits per heavy atom. The van der Waals surface area contributed by atoms with E-state index in [2.05, 4.69) is 15.9 Å². The SMILES string of the molecule is N#C/C(=C1/C(=C(Br)c2ccccc2)/C1=C(/I)c1ccccc1)C(F)(F)F. The molecule has 0 bridgehead atoms. The van der Waals surface area contributed by atoms with E-state index >= 15 is 0 Å². The molecule has 0 unspecified atom stereocenters. The van der Waals surface area contributed by atoms with Crippen LogP contribution in [-0.4, -0.2) is 6.18 Å². The van der Waals surface area contributed by atoms with Gasteiger partial charge < -0.3 is 0 Å². The van der Waals surface area contributed by atoms with Crippen LogP contribution < -0.4 is 0 Å². The Morgan fingerprint density at radius 2 is 1.35 bits per heavy atom. The van der Waals surface area contributed by atoms with Gasteiger partial charge in [-0.15, -0.1) is 0 Å². The van der Waals surface area contributed by atoms with Crippen LogP contribution in [0.1, 0.15) is 11.1 Å². The van der Waals surface area contributed by atoms with E-state index in [0.717, 1.165) is 11.1 Å². The van der Waals surface area contributed by atoms with Crippen LogP contribution in [0.2, 0.25) is 0 Å². The van der Waals surface area contributed by atoms with E-state index in [9.17, 15) is 13.2 Å². The molecule has 3 rings (SSSR count). The molecule has 1 saturated carbocycles. The normalized spacial score (nSPS) is 19.5. The summed E-state index contributed by atoms with van der Waals surface area (Å²) in [6, 6.07) is 19.6. The van der Waals surface area contributed by atoms with Crippen LogP contribution in [0.25, 0.3) is 8.06 Å². The predicted molar refractivity (Wildman–Crippen MR) is 108 cm³/mol. The maximum absolute atomic E-state index is 13.3. The maximum atomic E-state index is 13.3. The molecule has 0 aromatic heterocycles. The van der Waals surface area contributed by atoms with E-state index in [1.807, 2.05) is 71.1 Å². The lowest BCUT2D eigenvalue weighted by Gasteiger charge is -2.02. The molecule has 1 aliphatic carbocycles. The van der Waals surface area contributed by atoms with Crippen molar-refractivity contribution < 1.29 is 13.2 Å². The zero-order chi connectivity index (χ0) is 18.9. The third-order valence-corrected chi connectivity index (χ3v) is 5.84. The van der Waals surface area contributed by atoms with Gasteiger partial charge in [0.1, 0.15) is 11.6 Å². The molecule has 26 heavy (non-hydrogen) atoms. The highest BCUT2D eigenvalue weighted by Gasteiger charge is 2.47. The van der Waals surface area contributed by atoms with Gasteiger partial charge in [-0.3, -0.25) is 0 Å². The molecule has 1 aliphatic rings. The summed E-state index contributed by atoms with van der Waals surface area (Å²) in [6.45, 7) is 0. The molecule has 0 aliphatic heterocycles. The Morgan fingerprint density at radius 3 is 1.81 bits per heavy atom. The molecule has 2 aromatic rings. The first-order valence-corrected chi connectivity index (χ1v) is 9.36. The molecule has 0 saturated heterocycles. The topological polar surface area (TPSA) is 23.8 Å². The van der Waals surface area contributed by atoms with Crippen LogP contribution in [0.3, 0.4) is 0 Å². The van der Waals surface area contributed by atoms with Crippen molar-refractivity contribution in [2.24, 2.45) is 0 Å². The van der Waals surface area contributed by atoms with Gasteiger partial charge in [-0.05, 0) is 49.6 Å². The second-order valence-electron chi connectivity index (χ2n) is 5.47. The van der Waals surface area contributed by atoms with E-state index in [0.29, 0.717) is 19.2 Å². The second kappa shape index (κ2) is 7.41. The van der Waals surface area contributed by atoms with Gasteiger partial charge in [-0.25, -0.2) is 0 Å². The average molecular weight is 528 g/mol. The predicted octanol–water partition coefficient (Wildman–Crippen LogP) is 7.03. The van der Waals surface area contributed by atoms with Crippen LogP contribution >= 0.6 is 38.5 Å². The Hall–Kier alpha value is -1.85. The smallest absolute Gasteiger partial charge is 0.192 e. The van der Waals surface area contributed by atoms with Crippen molar-refractivity contribution in [3.63, 3.8) is 0 Å². The number of allylic oxidation sites excluding steroid dienone is 4. The zero-order valence-electron chi connectivity index (χ0n) is 13.1. The second-order valence-corrected chi connectivity index (χ2v) is 7.34. The highest BCUT2D eigenvalue weighted by atomic mass is 127. The Labute approximate surface area is 170 Å². The van der Waals surface area contributed by atoms with Crippen molar-refractivity contribution in [2.45, 2.75) is 6.18 Å². The lowest BCUT2D eigenvalue weighted by molar-refractivity contribution is -0.0875.